The first-order valence-corrected chi connectivity index (χ1v) is 6.31. The van der Waals surface area contributed by atoms with E-state index < -0.39 is 11.7 Å². The summed E-state index contributed by atoms with van der Waals surface area (Å²) in [5.74, 6) is -1.13. The van der Waals surface area contributed by atoms with Gasteiger partial charge in [0.15, 0.2) is 17.5 Å². The number of pyridine rings is 2. The molecule has 0 aliphatic heterocycles. The van der Waals surface area contributed by atoms with Crippen LogP contribution in [-0.2, 0) is 0 Å². The minimum atomic E-state index is -0.709. The van der Waals surface area contributed by atoms with Crippen molar-refractivity contribution in [3.63, 3.8) is 0 Å². The second-order valence-corrected chi connectivity index (χ2v) is 4.25. The number of aromatic nitrogens is 2. The van der Waals surface area contributed by atoms with Gasteiger partial charge in [-0.3, -0.25) is 4.79 Å². The summed E-state index contributed by atoms with van der Waals surface area (Å²) < 4.78 is 14.1. The van der Waals surface area contributed by atoms with Gasteiger partial charge in [0.1, 0.15) is 0 Å². The van der Waals surface area contributed by atoms with Crippen LogP contribution >= 0.6 is 11.6 Å². The Kier molecular flexibility index (Phi) is 4.47. The predicted octanol–water partition coefficient (Wildman–Crippen LogP) is 2.95. The maximum absolute atomic E-state index is 14.1. The molecule has 2 rings (SSSR count). The summed E-state index contributed by atoms with van der Waals surface area (Å²) in [4.78, 5) is 19.8. The van der Waals surface area contributed by atoms with Crippen LogP contribution in [0.1, 0.15) is 17.3 Å². The fraction of sp³-hybridized carbons (Fsp3) is 0.154. The molecule has 0 aromatic carbocycles. The zero-order chi connectivity index (χ0) is 14.5. The highest BCUT2D eigenvalue weighted by Crippen LogP contribution is 2.20. The Labute approximate surface area is 120 Å². The molecule has 0 atom stereocenters. The first-order valence-electron chi connectivity index (χ1n) is 5.93. The summed E-state index contributed by atoms with van der Waals surface area (Å²) in [7, 11) is 0. The average Bonchev–Trinajstić information content (AvgIpc) is 2.44. The van der Waals surface area contributed by atoms with E-state index in [-0.39, 0.29) is 22.2 Å². The van der Waals surface area contributed by atoms with Gasteiger partial charge in [-0.25, -0.2) is 14.4 Å². The molecule has 0 saturated heterocycles. The van der Waals surface area contributed by atoms with Crippen molar-refractivity contribution >= 4 is 29.1 Å². The van der Waals surface area contributed by atoms with E-state index in [1.54, 1.807) is 12.1 Å². The highest BCUT2D eigenvalue weighted by molar-refractivity contribution is 6.33. The van der Waals surface area contributed by atoms with E-state index >= 15 is 0 Å². The molecule has 0 aliphatic carbocycles. The van der Waals surface area contributed by atoms with Crippen LogP contribution < -0.4 is 10.6 Å². The van der Waals surface area contributed by atoms with Crippen molar-refractivity contribution in [1.82, 2.24) is 9.97 Å². The van der Waals surface area contributed by atoms with Gasteiger partial charge in [-0.2, -0.15) is 0 Å². The molecule has 2 aromatic rings. The van der Waals surface area contributed by atoms with Crippen LogP contribution in [0, 0.1) is 5.82 Å². The monoisotopic (exact) mass is 294 g/mol. The maximum atomic E-state index is 14.1. The Bertz CT molecular complexity index is 636. The number of carbonyl (C=O) groups excluding carboxylic acids is 1. The Hall–Kier alpha value is -2.21. The van der Waals surface area contributed by atoms with Crippen molar-refractivity contribution in [3.8, 4) is 0 Å². The van der Waals surface area contributed by atoms with Crippen LogP contribution in [0.25, 0.3) is 0 Å². The Balaban J connectivity index is 2.26. The zero-order valence-electron chi connectivity index (χ0n) is 10.7. The molecule has 5 nitrogen and oxygen atoms in total. The molecular formula is C13H12ClFN4O. The molecule has 1 amide bonds. The second kappa shape index (κ2) is 6.29. The van der Waals surface area contributed by atoms with Crippen molar-refractivity contribution in [2.75, 3.05) is 17.2 Å². The Morgan fingerprint density at radius 3 is 2.75 bits per heavy atom. The third-order valence-electron chi connectivity index (χ3n) is 2.47. The van der Waals surface area contributed by atoms with E-state index in [4.69, 9.17) is 11.6 Å². The van der Waals surface area contributed by atoms with Gasteiger partial charge in [0.2, 0.25) is 0 Å². The molecule has 0 bridgehead atoms. The normalized spacial score (nSPS) is 10.2. The second-order valence-electron chi connectivity index (χ2n) is 3.84. The highest BCUT2D eigenvalue weighted by Gasteiger charge is 2.17. The van der Waals surface area contributed by atoms with Gasteiger partial charge in [0, 0.05) is 18.9 Å². The van der Waals surface area contributed by atoms with E-state index in [1.165, 1.54) is 18.5 Å². The molecule has 0 fully saturated rings. The molecule has 20 heavy (non-hydrogen) atoms. The van der Waals surface area contributed by atoms with Crippen molar-refractivity contribution in [2.45, 2.75) is 6.92 Å². The van der Waals surface area contributed by atoms with Crippen LogP contribution in [0.4, 0.5) is 16.0 Å². The smallest absolute Gasteiger partial charge is 0.260 e. The molecule has 0 radical (unpaired) electrons. The Morgan fingerprint density at radius 1 is 1.30 bits per heavy atom. The average molecular weight is 295 g/mol. The number of nitrogens with zero attached hydrogens (tertiary/aromatic N) is 2. The van der Waals surface area contributed by atoms with Gasteiger partial charge in [-0.15, -0.1) is 0 Å². The summed E-state index contributed by atoms with van der Waals surface area (Å²) in [5.41, 5.74) is -0.127. The number of carbonyl (C=O) groups is 1. The predicted molar refractivity (Wildman–Crippen MR) is 75.6 cm³/mol. The van der Waals surface area contributed by atoms with Crippen LogP contribution in [0.5, 0.6) is 0 Å². The third kappa shape index (κ3) is 3.03. The van der Waals surface area contributed by atoms with Gasteiger partial charge in [0.05, 0.1) is 10.6 Å². The summed E-state index contributed by atoms with van der Waals surface area (Å²) in [5, 5.41) is 5.48. The number of amides is 1. The largest absolute Gasteiger partial charge is 0.368 e. The third-order valence-corrected chi connectivity index (χ3v) is 2.77. The van der Waals surface area contributed by atoms with E-state index in [0.717, 1.165) is 0 Å². The van der Waals surface area contributed by atoms with Crippen LogP contribution in [0.2, 0.25) is 5.02 Å². The van der Waals surface area contributed by atoms with Crippen molar-refractivity contribution in [1.29, 1.82) is 0 Å². The maximum Gasteiger partial charge on any atom is 0.260 e. The zero-order valence-corrected chi connectivity index (χ0v) is 11.4. The summed E-state index contributed by atoms with van der Waals surface area (Å²) in [6.07, 6.45) is 2.84. The molecule has 0 aliphatic rings. The molecule has 7 heteroatoms. The first kappa shape index (κ1) is 14.2. The number of anilines is 2. The van der Waals surface area contributed by atoms with Crippen molar-refractivity contribution in [3.05, 3.63) is 47.0 Å². The molecule has 2 heterocycles. The molecule has 0 spiro atoms. The summed E-state index contributed by atoms with van der Waals surface area (Å²) in [6.45, 7) is 2.31. The molecular weight excluding hydrogens is 283 g/mol. The lowest BCUT2D eigenvalue weighted by Crippen LogP contribution is -2.16. The lowest BCUT2D eigenvalue weighted by atomic mass is 10.2. The minimum absolute atomic E-state index is 0.0345. The van der Waals surface area contributed by atoms with Gasteiger partial charge in [-0.1, -0.05) is 11.6 Å². The lowest BCUT2D eigenvalue weighted by molar-refractivity contribution is 0.102. The van der Waals surface area contributed by atoms with E-state index in [9.17, 15) is 9.18 Å². The van der Waals surface area contributed by atoms with Crippen LogP contribution in [0.15, 0.2) is 30.6 Å². The van der Waals surface area contributed by atoms with Crippen LogP contribution in [-0.4, -0.2) is 22.4 Å². The van der Waals surface area contributed by atoms with E-state index in [2.05, 4.69) is 20.6 Å². The first-order chi connectivity index (χ1) is 9.63. The molecule has 0 unspecified atom stereocenters. The summed E-state index contributed by atoms with van der Waals surface area (Å²) >= 11 is 5.88. The molecule has 2 aromatic heterocycles. The highest BCUT2D eigenvalue weighted by atomic mass is 35.5. The van der Waals surface area contributed by atoms with E-state index in [0.29, 0.717) is 6.54 Å². The number of hydrogen-bond donors (Lipinski definition) is 2. The number of rotatable bonds is 4. The fourth-order valence-electron chi connectivity index (χ4n) is 1.56. The lowest BCUT2D eigenvalue weighted by Gasteiger charge is -2.09. The molecule has 104 valence electrons. The van der Waals surface area contributed by atoms with Crippen molar-refractivity contribution < 1.29 is 9.18 Å². The van der Waals surface area contributed by atoms with Crippen LogP contribution in [0.3, 0.4) is 0 Å². The van der Waals surface area contributed by atoms with Gasteiger partial charge in [0.25, 0.3) is 5.91 Å². The number of hydrogen-bond acceptors (Lipinski definition) is 4. The number of halogens is 2. The van der Waals surface area contributed by atoms with Gasteiger partial charge in [-0.05, 0) is 25.1 Å². The minimum Gasteiger partial charge on any atom is -0.368 e. The Morgan fingerprint density at radius 2 is 2.05 bits per heavy atom. The quantitative estimate of drug-likeness (QED) is 0.910. The fourth-order valence-corrected chi connectivity index (χ4v) is 1.73. The molecule has 0 saturated carbocycles. The standard InChI is InChI=1S/C13H12ClFN4O/c1-2-16-12-10(15)8(5-7-18-12)13(20)19-11-9(14)4-3-6-17-11/h3-7H,2H2,1H3,(H,16,18)(H,17,19,20). The topological polar surface area (TPSA) is 66.9 Å². The molecule has 2 N–H and O–H groups in total. The van der Waals surface area contributed by atoms with Gasteiger partial charge >= 0.3 is 0 Å². The van der Waals surface area contributed by atoms with E-state index in [1.807, 2.05) is 6.92 Å². The SMILES string of the molecule is CCNc1nccc(C(=O)Nc2ncccc2Cl)c1F. The summed E-state index contributed by atoms with van der Waals surface area (Å²) in [6, 6.07) is 4.51. The number of nitrogens with one attached hydrogen (secondary N) is 2. The van der Waals surface area contributed by atoms with Gasteiger partial charge < -0.3 is 10.6 Å². The van der Waals surface area contributed by atoms with Crippen molar-refractivity contribution in [2.24, 2.45) is 0 Å².